The third kappa shape index (κ3) is 2.72. The van der Waals surface area contributed by atoms with Crippen LogP contribution >= 0.6 is 0 Å². The molecule has 0 bridgehead atoms. The van der Waals surface area contributed by atoms with Gasteiger partial charge in [-0.25, -0.2) is 15.0 Å². The summed E-state index contributed by atoms with van der Waals surface area (Å²) in [5.41, 5.74) is 8.38. The highest BCUT2D eigenvalue weighted by Crippen LogP contribution is 2.37. The maximum Gasteiger partial charge on any atom is 0.184 e. The molecule has 0 spiro atoms. The van der Waals surface area contributed by atoms with Crippen molar-refractivity contribution < 1.29 is 20.1 Å². The Balaban J connectivity index is 1.91. The van der Waals surface area contributed by atoms with Crippen molar-refractivity contribution in [2.24, 2.45) is 0 Å². The first kappa shape index (κ1) is 17.7. The Bertz CT molecular complexity index is 1010. The van der Waals surface area contributed by atoms with E-state index >= 15 is 0 Å². The number of rotatable bonds is 3. The molecule has 4 rings (SSSR count). The molecule has 3 aromatic heterocycles. The Morgan fingerprint density at radius 3 is 2.59 bits per heavy atom. The second-order valence-electron chi connectivity index (χ2n) is 6.44. The molecular formula is C16H19N7O4. The van der Waals surface area contributed by atoms with Gasteiger partial charge in [0.05, 0.1) is 28.9 Å². The Morgan fingerprint density at radius 1 is 1.15 bits per heavy atom. The number of aliphatic hydroxyl groups is 3. The lowest BCUT2D eigenvalue weighted by molar-refractivity contribution is -0.0508. The number of hydrogen-bond donors (Lipinski definition) is 4. The number of fused-ring (bicyclic) bond motifs is 1. The average Bonchev–Trinajstić information content (AvgIpc) is 3.17. The number of aliphatic hydroxyl groups excluding tert-OH is 3. The summed E-state index contributed by atoms with van der Waals surface area (Å²) < 4.78 is 7.15. The van der Waals surface area contributed by atoms with E-state index in [1.807, 2.05) is 6.92 Å². The smallest absolute Gasteiger partial charge is 0.184 e. The average molecular weight is 373 g/mol. The molecule has 11 heteroatoms. The Labute approximate surface area is 153 Å². The van der Waals surface area contributed by atoms with Crippen LogP contribution in [0.5, 0.6) is 0 Å². The molecule has 142 valence electrons. The van der Waals surface area contributed by atoms with E-state index in [2.05, 4.69) is 25.1 Å². The van der Waals surface area contributed by atoms with E-state index in [0.29, 0.717) is 33.8 Å². The van der Waals surface area contributed by atoms with Crippen LogP contribution in [0.3, 0.4) is 0 Å². The van der Waals surface area contributed by atoms with E-state index in [-0.39, 0.29) is 5.82 Å². The molecular weight excluding hydrogens is 354 g/mol. The Hall–Kier alpha value is -2.73. The molecule has 0 saturated carbocycles. The number of nitrogens with zero attached hydrogens (tertiary/aromatic N) is 6. The monoisotopic (exact) mass is 373 g/mol. The summed E-state index contributed by atoms with van der Waals surface area (Å²) >= 11 is 0. The first-order valence-electron chi connectivity index (χ1n) is 8.34. The molecule has 5 N–H and O–H groups in total. The van der Waals surface area contributed by atoms with Gasteiger partial charge in [-0.2, -0.15) is 5.10 Å². The van der Waals surface area contributed by atoms with Gasteiger partial charge in [0.25, 0.3) is 0 Å². The quantitative estimate of drug-likeness (QED) is 0.451. The summed E-state index contributed by atoms with van der Waals surface area (Å²) in [5.74, 6) is 0.539. The first-order valence-corrected chi connectivity index (χ1v) is 8.34. The molecule has 4 heterocycles. The molecule has 0 aromatic carbocycles. The number of ether oxygens (including phenoxy) is 1. The fraction of sp³-hybridized carbons (Fsp3) is 0.438. The minimum absolute atomic E-state index is 0.210. The maximum atomic E-state index is 10.4. The van der Waals surface area contributed by atoms with Crippen LogP contribution in [0.25, 0.3) is 22.4 Å². The van der Waals surface area contributed by atoms with Crippen LogP contribution in [0, 0.1) is 13.8 Å². The highest BCUT2D eigenvalue weighted by molar-refractivity contribution is 5.99. The number of anilines is 1. The number of aryl methyl sites for hydroxylation is 2. The van der Waals surface area contributed by atoms with E-state index in [9.17, 15) is 15.3 Å². The Morgan fingerprint density at radius 2 is 1.93 bits per heavy atom. The van der Waals surface area contributed by atoms with Gasteiger partial charge in [-0.1, -0.05) is 0 Å². The highest BCUT2D eigenvalue weighted by atomic mass is 16.6. The Kier molecular flexibility index (Phi) is 4.23. The predicted octanol–water partition coefficient (Wildman–Crippen LogP) is -0.906. The summed E-state index contributed by atoms with van der Waals surface area (Å²) in [7, 11) is 0. The van der Waals surface area contributed by atoms with E-state index in [1.54, 1.807) is 13.1 Å². The van der Waals surface area contributed by atoms with Gasteiger partial charge in [-0.05, 0) is 13.8 Å². The largest absolute Gasteiger partial charge is 0.394 e. The molecule has 1 aliphatic rings. The zero-order valence-corrected chi connectivity index (χ0v) is 14.7. The standard InChI is InChI=1S/C16H19N7O4/c1-6-7(2)21-22-14(20-6)8-3-23(15-10(8)13(17)18-5-19-15)16-12(26)11(25)9(4-24)27-16/h3,5,9,11-12,16,24-26H,4H2,1-2H3,(H2,17,18,19). The van der Waals surface area contributed by atoms with E-state index in [0.717, 1.165) is 0 Å². The van der Waals surface area contributed by atoms with Crippen molar-refractivity contribution in [1.29, 1.82) is 0 Å². The maximum absolute atomic E-state index is 10.4. The van der Waals surface area contributed by atoms with Crippen LogP contribution in [0.4, 0.5) is 5.82 Å². The van der Waals surface area contributed by atoms with Gasteiger partial charge >= 0.3 is 0 Å². The van der Waals surface area contributed by atoms with Crippen molar-refractivity contribution in [3.63, 3.8) is 0 Å². The lowest BCUT2D eigenvalue weighted by Gasteiger charge is -2.17. The van der Waals surface area contributed by atoms with Gasteiger partial charge in [0.1, 0.15) is 36.1 Å². The molecule has 4 unspecified atom stereocenters. The molecule has 1 saturated heterocycles. The summed E-state index contributed by atoms with van der Waals surface area (Å²) in [6.45, 7) is 3.19. The van der Waals surface area contributed by atoms with Gasteiger partial charge in [0.2, 0.25) is 0 Å². The molecule has 11 nitrogen and oxygen atoms in total. The fourth-order valence-corrected chi connectivity index (χ4v) is 3.15. The van der Waals surface area contributed by atoms with E-state index in [4.69, 9.17) is 10.5 Å². The molecule has 3 aromatic rings. The van der Waals surface area contributed by atoms with Crippen molar-refractivity contribution in [1.82, 2.24) is 29.7 Å². The summed E-state index contributed by atoms with van der Waals surface area (Å²) in [4.78, 5) is 12.7. The van der Waals surface area contributed by atoms with Crippen molar-refractivity contribution in [3.05, 3.63) is 23.9 Å². The van der Waals surface area contributed by atoms with Gasteiger partial charge in [-0.15, -0.1) is 5.10 Å². The van der Waals surface area contributed by atoms with Crippen molar-refractivity contribution in [3.8, 4) is 11.4 Å². The minimum atomic E-state index is -1.26. The van der Waals surface area contributed by atoms with Crippen LogP contribution in [0.15, 0.2) is 12.5 Å². The molecule has 27 heavy (non-hydrogen) atoms. The van der Waals surface area contributed by atoms with Crippen molar-refractivity contribution in [2.45, 2.75) is 38.4 Å². The molecule has 0 amide bonds. The number of nitrogens with two attached hydrogens (primary N) is 1. The zero-order chi connectivity index (χ0) is 19.3. The predicted molar refractivity (Wildman–Crippen MR) is 93.2 cm³/mol. The van der Waals surface area contributed by atoms with E-state index < -0.39 is 31.1 Å². The first-order chi connectivity index (χ1) is 12.9. The molecule has 1 fully saturated rings. The lowest BCUT2D eigenvalue weighted by Crippen LogP contribution is -2.33. The highest BCUT2D eigenvalue weighted by Gasteiger charge is 2.44. The number of nitrogen functional groups attached to an aromatic ring is 1. The van der Waals surface area contributed by atoms with Gasteiger partial charge in [0.15, 0.2) is 12.1 Å². The van der Waals surface area contributed by atoms with Crippen LogP contribution in [-0.2, 0) is 4.74 Å². The minimum Gasteiger partial charge on any atom is -0.394 e. The SMILES string of the molecule is Cc1nnc(-c2cn(C3OC(CO)C(O)C3O)c3ncnc(N)c23)nc1C. The van der Waals surface area contributed by atoms with Crippen LogP contribution < -0.4 is 5.73 Å². The van der Waals surface area contributed by atoms with Gasteiger partial charge in [-0.3, -0.25) is 0 Å². The summed E-state index contributed by atoms with van der Waals surface area (Å²) in [6.07, 6.45) is -1.47. The van der Waals surface area contributed by atoms with Crippen LogP contribution in [-0.4, -0.2) is 70.0 Å². The van der Waals surface area contributed by atoms with Crippen molar-refractivity contribution in [2.75, 3.05) is 12.3 Å². The molecule has 4 atom stereocenters. The van der Waals surface area contributed by atoms with Crippen LogP contribution in [0.2, 0.25) is 0 Å². The second kappa shape index (κ2) is 6.46. The van der Waals surface area contributed by atoms with Gasteiger partial charge < -0.3 is 30.4 Å². The second-order valence-corrected chi connectivity index (χ2v) is 6.44. The molecule has 0 aliphatic carbocycles. The third-order valence-electron chi connectivity index (χ3n) is 4.76. The summed E-state index contributed by atoms with van der Waals surface area (Å²) in [5, 5.41) is 38.5. The van der Waals surface area contributed by atoms with Crippen molar-refractivity contribution >= 4 is 16.9 Å². The summed E-state index contributed by atoms with van der Waals surface area (Å²) in [6, 6.07) is 0. The van der Waals surface area contributed by atoms with Gasteiger partial charge in [0, 0.05) is 6.20 Å². The number of aromatic nitrogens is 6. The normalized spacial score (nSPS) is 25.4. The third-order valence-corrected chi connectivity index (χ3v) is 4.76. The number of hydrogen-bond acceptors (Lipinski definition) is 10. The van der Waals surface area contributed by atoms with E-state index in [1.165, 1.54) is 10.9 Å². The zero-order valence-electron chi connectivity index (χ0n) is 14.7. The topological polar surface area (TPSA) is 165 Å². The lowest BCUT2D eigenvalue weighted by atomic mass is 10.1. The van der Waals surface area contributed by atoms with Crippen LogP contribution in [0.1, 0.15) is 17.6 Å². The fourth-order valence-electron chi connectivity index (χ4n) is 3.15. The molecule has 1 aliphatic heterocycles. The molecule has 0 radical (unpaired) electrons.